The summed E-state index contributed by atoms with van der Waals surface area (Å²) in [6.07, 6.45) is 3.70. The SMILES string of the molecule is CC(C)(C)[Si](OC[C@@H]1CCN2CCCN(CNC(=O)c3cc(O)cc(C(=O)NCN4CCC[N+]5=C4N[C@H](CO[Si](c4ccccc4)(c4ccccc4)C(C)(C)C)CC5)c3)C2=N1)(c1ccccc1)c1ccccc1. The van der Waals surface area contributed by atoms with E-state index in [1.54, 1.807) is 6.07 Å². The summed E-state index contributed by atoms with van der Waals surface area (Å²) in [5.74, 6) is 0.939. The number of hydrogen-bond donors (Lipinski definition) is 4. The minimum absolute atomic E-state index is 0.0489. The minimum Gasteiger partial charge on any atom is -0.508 e. The molecule has 2 amide bonds. The first-order valence-corrected chi connectivity index (χ1v) is 30.1. The second-order valence-corrected chi connectivity index (χ2v) is 30.7. The van der Waals surface area contributed by atoms with Gasteiger partial charge in [-0.25, -0.2) is 9.89 Å². The Morgan fingerprint density at radius 3 is 1.62 bits per heavy atom. The van der Waals surface area contributed by atoms with Gasteiger partial charge in [-0.3, -0.25) is 19.5 Å². The number of phenolic OH excluding ortho intramolecular Hbond substituents is 1. The second kappa shape index (κ2) is 22.1. The molecular formula is C58H75N8O5Si2+. The van der Waals surface area contributed by atoms with Gasteiger partial charge in [-0.15, -0.1) is 0 Å². The van der Waals surface area contributed by atoms with Crippen LogP contribution in [0.3, 0.4) is 0 Å². The molecule has 5 aromatic carbocycles. The maximum Gasteiger partial charge on any atom is 0.349 e. The van der Waals surface area contributed by atoms with Gasteiger partial charge in [-0.1, -0.05) is 163 Å². The van der Waals surface area contributed by atoms with Crippen LogP contribution in [0.4, 0.5) is 0 Å². The predicted octanol–water partition coefficient (Wildman–Crippen LogP) is 5.49. The molecule has 0 aromatic heterocycles. The van der Waals surface area contributed by atoms with Crippen molar-refractivity contribution >= 4 is 61.1 Å². The molecule has 0 bridgehead atoms. The van der Waals surface area contributed by atoms with Crippen molar-refractivity contribution in [1.29, 1.82) is 0 Å². The highest BCUT2D eigenvalue weighted by Gasteiger charge is 2.52. The molecule has 0 saturated carbocycles. The number of benzene rings is 5. The van der Waals surface area contributed by atoms with E-state index < -0.39 is 16.6 Å². The summed E-state index contributed by atoms with van der Waals surface area (Å²) in [7, 11) is -5.48. The first-order chi connectivity index (χ1) is 35.2. The molecule has 4 aliphatic heterocycles. The molecule has 13 nitrogen and oxygen atoms in total. The lowest BCUT2D eigenvalue weighted by Crippen LogP contribution is -2.68. The van der Waals surface area contributed by atoms with Crippen molar-refractivity contribution in [2.75, 3.05) is 65.8 Å². The Labute approximate surface area is 434 Å². The Morgan fingerprint density at radius 2 is 1.11 bits per heavy atom. The van der Waals surface area contributed by atoms with Gasteiger partial charge in [0.2, 0.25) is 0 Å². The number of rotatable bonds is 16. The standard InChI is InChI=1S/C58H74N8O5Si2/c1-57(2,3)72(49-21-11-7-12-22-49,50-23-13-8-14-24-50)70-40-46-29-35-63-31-19-33-65(55(63)61-46)42-59-53(68)44-37-45(39-48(67)38-44)54(69)60-43-66-34-20-32-64-36-30-47(62-56(64)66)41-71-73(58(4,5)6,51-25-15-9-16-26-51)52-27-17-10-18-28-52/h7-18,21-28,37-39,46-47H,19-20,29-36,40-43H2,1-6H3,(H3,59,60,67,68,69)/p+1/t46-,47-/m0/s1. The van der Waals surface area contributed by atoms with Crippen LogP contribution in [0.5, 0.6) is 5.75 Å². The number of guanidine groups is 2. The molecule has 73 heavy (non-hydrogen) atoms. The van der Waals surface area contributed by atoms with E-state index >= 15 is 0 Å². The van der Waals surface area contributed by atoms with Crippen molar-refractivity contribution in [2.24, 2.45) is 4.99 Å². The first kappa shape index (κ1) is 51.6. The zero-order valence-electron chi connectivity index (χ0n) is 43.6. The van der Waals surface area contributed by atoms with Crippen LogP contribution >= 0.6 is 0 Å². The third kappa shape index (κ3) is 11.0. The molecule has 1 saturated heterocycles. The van der Waals surface area contributed by atoms with Gasteiger partial charge in [0.25, 0.3) is 28.4 Å². The summed E-state index contributed by atoms with van der Waals surface area (Å²) >= 11 is 0. The number of carbonyl (C=O) groups is 2. The number of nitrogens with one attached hydrogen (secondary N) is 3. The maximum absolute atomic E-state index is 13.9. The van der Waals surface area contributed by atoms with E-state index in [0.717, 1.165) is 76.9 Å². The number of amides is 2. The van der Waals surface area contributed by atoms with E-state index in [1.165, 1.54) is 32.9 Å². The number of nitrogens with zero attached hydrogens (tertiary/aromatic N) is 5. The van der Waals surface area contributed by atoms with Crippen LogP contribution in [-0.2, 0) is 8.85 Å². The Morgan fingerprint density at radius 1 is 0.630 bits per heavy atom. The van der Waals surface area contributed by atoms with Crippen molar-refractivity contribution < 1.29 is 28.1 Å². The van der Waals surface area contributed by atoms with E-state index in [0.29, 0.717) is 13.2 Å². The summed E-state index contributed by atoms with van der Waals surface area (Å²) in [4.78, 5) is 39.6. The number of phenols is 1. The second-order valence-electron chi connectivity index (χ2n) is 22.1. The molecule has 15 heteroatoms. The number of carbonyl (C=O) groups excluding carboxylic acids is 2. The average molecular weight is 1020 g/mol. The van der Waals surface area contributed by atoms with Crippen LogP contribution in [0.25, 0.3) is 0 Å². The fraction of sp³-hybridized carbons (Fsp3) is 0.414. The van der Waals surface area contributed by atoms with Crippen molar-refractivity contribution in [1.82, 2.24) is 30.7 Å². The molecule has 5 aromatic rings. The lowest BCUT2D eigenvalue weighted by atomic mass is 10.1. The summed E-state index contributed by atoms with van der Waals surface area (Å²) in [5.41, 5.74) is 0.416. The molecule has 4 aliphatic rings. The van der Waals surface area contributed by atoms with Gasteiger partial charge in [-0.2, -0.15) is 0 Å². The molecular weight excluding hydrogens is 945 g/mol. The van der Waals surface area contributed by atoms with Crippen molar-refractivity contribution in [3.8, 4) is 5.75 Å². The normalized spacial score (nSPS) is 18.5. The zero-order valence-corrected chi connectivity index (χ0v) is 45.6. The Balaban J connectivity index is 0.831. The van der Waals surface area contributed by atoms with Gasteiger partial charge in [0.15, 0.2) is 5.96 Å². The van der Waals surface area contributed by atoms with E-state index in [9.17, 15) is 14.7 Å². The molecule has 4 heterocycles. The summed E-state index contributed by atoms with van der Waals surface area (Å²) < 4.78 is 17.0. The van der Waals surface area contributed by atoms with Gasteiger partial charge in [0.1, 0.15) is 12.4 Å². The van der Waals surface area contributed by atoms with Crippen LogP contribution < -0.4 is 36.7 Å². The lowest BCUT2D eigenvalue weighted by molar-refractivity contribution is -0.546. The van der Waals surface area contributed by atoms with Gasteiger partial charge >= 0.3 is 5.96 Å². The highest BCUT2D eigenvalue weighted by Crippen LogP contribution is 2.38. The molecule has 2 atom stereocenters. The van der Waals surface area contributed by atoms with Crippen LogP contribution in [0.1, 0.15) is 87.9 Å². The lowest BCUT2D eigenvalue weighted by Gasteiger charge is -2.45. The molecule has 0 aliphatic carbocycles. The Hall–Kier alpha value is -6.27. The molecule has 0 radical (unpaired) electrons. The molecule has 9 rings (SSSR count). The van der Waals surface area contributed by atoms with Gasteiger partial charge in [0, 0.05) is 43.6 Å². The average Bonchev–Trinajstić information content (AvgIpc) is 3.40. The maximum atomic E-state index is 13.9. The van der Waals surface area contributed by atoms with Crippen molar-refractivity contribution in [2.45, 2.75) is 89.4 Å². The predicted molar refractivity (Wildman–Crippen MR) is 297 cm³/mol. The summed E-state index contributed by atoms with van der Waals surface area (Å²) in [6, 6.07) is 47.3. The first-order valence-electron chi connectivity index (χ1n) is 26.3. The van der Waals surface area contributed by atoms with E-state index in [2.05, 4.69) is 198 Å². The van der Waals surface area contributed by atoms with Gasteiger partial charge < -0.3 is 34.4 Å². The van der Waals surface area contributed by atoms with Crippen LogP contribution in [-0.4, -0.2) is 143 Å². The van der Waals surface area contributed by atoms with E-state index in [4.69, 9.17) is 13.8 Å². The highest BCUT2D eigenvalue weighted by molar-refractivity contribution is 7.00. The third-order valence-corrected chi connectivity index (χ3v) is 25.1. The van der Waals surface area contributed by atoms with Crippen LogP contribution in [0, 0.1) is 0 Å². The van der Waals surface area contributed by atoms with Crippen LogP contribution in [0.2, 0.25) is 10.1 Å². The van der Waals surface area contributed by atoms with Crippen molar-refractivity contribution in [3.63, 3.8) is 0 Å². The van der Waals surface area contributed by atoms with Crippen LogP contribution in [0.15, 0.2) is 145 Å². The summed E-state index contributed by atoms with van der Waals surface area (Å²) in [6.45, 7) is 20.4. The monoisotopic (exact) mass is 1020 g/mol. The zero-order chi connectivity index (χ0) is 51.2. The Bertz CT molecular complexity index is 2670. The van der Waals surface area contributed by atoms with Gasteiger partial charge in [0.05, 0.1) is 51.6 Å². The number of hydrogen-bond acceptors (Lipinski definition) is 10. The fourth-order valence-electron chi connectivity index (χ4n) is 11.5. The number of aliphatic imine (C=N–C) groups is 1. The van der Waals surface area contributed by atoms with E-state index in [1.807, 2.05) is 0 Å². The smallest absolute Gasteiger partial charge is 0.349 e. The Kier molecular flexibility index (Phi) is 15.6. The highest BCUT2D eigenvalue weighted by atomic mass is 28.4. The number of aromatic hydroxyl groups is 1. The largest absolute Gasteiger partial charge is 0.508 e. The van der Waals surface area contributed by atoms with Gasteiger partial charge in [-0.05, 0) is 61.9 Å². The molecule has 0 spiro atoms. The summed E-state index contributed by atoms with van der Waals surface area (Å²) in [5, 5.41) is 25.5. The fourth-order valence-corrected chi connectivity index (χ4v) is 20.7. The number of fused-ring (bicyclic) bond motifs is 1. The molecule has 4 N–H and O–H groups in total. The minimum atomic E-state index is -2.75. The molecule has 1 fully saturated rings. The third-order valence-electron chi connectivity index (χ3n) is 15.1. The topological polar surface area (TPSA) is 134 Å². The van der Waals surface area contributed by atoms with Crippen molar-refractivity contribution in [3.05, 3.63) is 151 Å². The molecule has 0 unspecified atom stereocenters. The quantitative estimate of drug-likeness (QED) is 0.0749. The molecule has 384 valence electrons. The van der Waals surface area contributed by atoms with E-state index in [-0.39, 0.29) is 64.2 Å².